The van der Waals surface area contributed by atoms with Gasteiger partial charge in [0.25, 0.3) is 0 Å². The van der Waals surface area contributed by atoms with Gasteiger partial charge in [0, 0.05) is 24.5 Å². The number of hydrogen-bond donors (Lipinski definition) is 1. The maximum atomic E-state index is 11.7. The zero-order chi connectivity index (χ0) is 13.2. The summed E-state index contributed by atoms with van der Waals surface area (Å²) in [6, 6.07) is 0. The van der Waals surface area contributed by atoms with Gasteiger partial charge in [-0.25, -0.2) is 13.4 Å². The Morgan fingerprint density at radius 1 is 1.67 bits per heavy atom. The van der Waals surface area contributed by atoms with Gasteiger partial charge in [-0.2, -0.15) is 0 Å². The number of nitrogens with one attached hydrogen (secondary N) is 1. The lowest BCUT2D eigenvalue weighted by atomic mass is 9.99. The summed E-state index contributed by atoms with van der Waals surface area (Å²) in [4.78, 5) is 9.38. The fourth-order valence-corrected chi connectivity index (χ4v) is 4.61. The van der Waals surface area contributed by atoms with Crippen molar-refractivity contribution in [1.82, 2.24) is 14.9 Å². The molecule has 0 amide bonds. The largest absolute Gasteiger partial charge is 0.348 e. The third kappa shape index (κ3) is 2.81. The van der Waals surface area contributed by atoms with E-state index >= 15 is 0 Å². The van der Waals surface area contributed by atoms with Crippen LogP contribution in [-0.4, -0.2) is 46.9 Å². The van der Waals surface area contributed by atoms with Gasteiger partial charge in [0.2, 0.25) is 0 Å². The lowest BCUT2D eigenvalue weighted by molar-refractivity contribution is 0.130. The highest BCUT2D eigenvalue weighted by Crippen LogP contribution is 2.30. The fraction of sp³-hybridized carbons (Fsp3) is 0.583. The number of H-pyrrole nitrogens is 1. The molecule has 0 aromatic carbocycles. The fourth-order valence-electron chi connectivity index (χ4n) is 2.44. The quantitative estimate of drug-likeness (QED) is 0.809. The van der Waals surface area contributed by atoms with Gasteiger partial charge >= 0.3 is 0 Å². The molecule has 0 bridgehead atoms. The molecule has 0 saturated carbocycles. The van der Waals surface area contributed by atoms with Gasteiger partial charge in [0.15, 0.2) is 9.84 Å². The molecule has 1 saturated heterocycles. The molecule has 0 radical (unpaired) electrons. The van der Waals surface area contributed by atoms with Crippen LogP contribution in [-0.2, 0) is 16.4 Å². The van der Waals surface area contributed by atoms with Crippen LogP contribution >= 0.6 is 0 Å². The molecule has 1 aromatic rings. The summed E-state index contributed by atoms with van der Waals surface area (Å²) in [5, 5.41) is 0. The van der Waals surface area contributed by atoms with Crippen LogP contribution in [0.25, 0.3) is 0 Å². The minimum Gasteiger partial charge on any atom is -0.348 e. The Bertz CT molecular complexity index is 509. The van der Waals surface area contributed by atoms with Crippen LogP contribution in [0, 0.1) is 0 Å². The second-order valence-corrected chi connectivity index (χ2v) is 7.23. The van der Waals surface area contributed by atoms with Gasteiger partial charge in [-0.15, -0.1) is 6.58 Å². The van der Waals surface area contributed by atoms with Gasteiger partial charge < -0.3 is 4.98 Å². The molecule has 2 heterocycles. The van der Waals surface area contributed by atoms with Crippen molar-refractivity contribution in [3.05, 3.63) is 30.9 Å². The Balaban J connectivity index is 2.17. The summed E-state index contributed by atoms with van der Waals surface area (Å²) >= 11 is 0. The van der Waals surface area contributed by atoms with E-state index in [0.717, 1.165) is 5.82 Å². The van der Waals surface area contributed by atoms with Crippen molar-refractivity contribution in [3.8, 4) is 0 Å². The predicted octanol–water partition coefficient (Wildman–Crippen LogP) is 0.975. The second-order valence-electron chi connectivity index (χ2n) is 5.04. The molecule has 5 nitrogen and oxygen atoms in total. The Morgan fingerprint density at radius 3 is 2.94 bits per heavy atom. The Morgan fingerprint density at radius 2 is 2.44 bits per heavy atom. The lowest BCUT2D eigenvalue weighted by Crippen LogP contribution is -2.47. The average Bonchev–Trinajstić information content (AvgIpc) is 2.87. The van der Waals surface area contributed by atoms with Crippen LogP contribution in [0.4, 0.5) is 0 Å². The van der Waals surface area contributed by atoms with Crippen LogP contribution in [0.15, 0.2) is 25.0 Å². The minimum absolute atomic E-state index is 0.217. The van der Waals surface area contributed by atoms with Gasteiger partial charge in [-0.05, 0) is 13.3 Å². The summed E-state index contributed by atoms with van der Waals surface area (Å²) < 4.78 is 23.4. The summed E-state index contributed by atoms with van der Waals surface area (Å²) in [6.45, 7) is 7.03. The van der Waals surface area contributed by atoms with E-state index in [0.29, 0.717) is 19.5 Å². The Labute approximate surface area is 108 Å². The van der Waals surface area contributed by atoms with Crippen LogP contribution in [0.3, 0.4) is 0 Å². The van der Waals surface area contributed by atoms with E-state index < -0.39 is 9.84 Å². The van der Waals surface area contributed by atoms with Gasteiger partial charge in [-0.1, -0.05) is 6.08 Å². The van der Waals surface area contributed by atoms with Crippen molar-refractivity contribution < 1.29 is 8.42 Å². The van der Waals surface area contributed by atoms with Crippen molar-refractivity contribution in [2.45, 2.75) is 25.4 Å². The van der Waals surface area contributed by atoms with E-state index in [-0.39, 0.29) is 17.0 Å². The molecule has 0 spiro atoms. The molecule has 18 heavy (non-hydrogen) atoms. The number of aromatic amines is 1. The maximum Gasteiger partial charge on any atom is 0.152 e. The highest BCUT2D eigenvalue weighted by atomic mass is 32.2. The van der Waals surface area contributed by atoms with Gasteiger partial charge in [0.05, 0.1) is 18.1 Å². The first kappa shape index (κ1) is 13.3. The normalized spacial score (nSPS) is 26.6. The number of hydrogen-bond acceptors (Lipinski definition) is 4. The molecule has 1 atom stereocenters. The van der Waals surface area contributed by atoms with E-state index in [2.05, 4.69) is 21.4 Å². The van der Waals surface area contributed by atoms with E-state index in [1.165, 1.54) is 0 Å². The minimum atomic E-state index is -2.90. The van der Waals surface area contributed by atoms with Crippen molar-refractivity contribution in [3.63, 3.8) is 0 Å². The molecule has 2 rings (SSSR count). The highest BCUT2D eigenvalue weighted by Gasteiger charge is 2.42. The second kappa shape index (κ2) is 4.85. The lowest BCUT2D eigenvalue weighted by Gasteiger charge is -2.36. The summed E-state index contributed by atoms with van der Waals surface area (Å²) in [6.07, 6.45) is 5.95. The van der Waals surface area contributed by atoms with Crippen molar-refractivity contribution in [1.29, 1.82) is 0 Å². The average molecular weight is 269 g/mol. The first-order valence-electron chi connectivity index (χ1n) is 6.00. The molecule has 1 N–H and O–H groups in total. The molecular weight excluding hydrogens is 250 g/mol. The number of imidazole rings is 1. The van der Waals surface area contributed by atoms with Crippen LogP contribution in [0.2, 0.25) is 0 Å². The van der Waals surface area contributed by atoms with E-state index in [9.17, 15) is 8.42 Å². The van der Waals surface area contributed by atoms with Crippen molar-refractivity contribution in [2.75, 3.05) is 18.1 Å². The standard InChI is InChI=1S/C12H19N3O2S/c1-3-7-15(9-11-13-5-6-14-11)12(2)4-8-18(16,17)10-12/h3,5-6H,1,4,7-10H2,2H3,(H,13,14). The van der Waals surface area contributed by atoms with E-state index in [1.807, 2.05) is 6.92 Å². The molecule has 1 unspecified atom stereocenters. The smallest absolute Gasteiger partial charge is 0.152 e. The monoisotopic (exact) mass is 269 g/mol. The van der Waals surface area contributed by atoms with Crippen LogP contribution in [0.1, 0.15) is 19.2 Å². The van der Waals surface area contributed by atoms with E-state index in [4.69, 9.17) is 0 Å². The van der Waals surface area contributed by atoms with Crippen molar-refractivity contribution >= 4 is 9.84 Å². The SMILES string of the molecule is C=CCN(Cc1ncc[nH]1)C1(C)CCS(=O)(=O)C1. The Hall–Kier alpha value is -1.14. The van der Waals surface area contributed by atoms with Crippen molar-refractivity contribution in [2.24, 2.45) is 0 Å². The van der Waals surface area contributed by atoms with Crippen LogP contribution in [0.5, 0.6) is 0 Å². The maximum absolute atomic E-state index is 11.7. The molecule has 1 aliphatic heterocycles. The predicted molar refractivity (Wildman–Crippen MR) is 70.9 cm³/mol. The number of rotatable bonds is 5. The zero-order valence-electron chi connectivity index (χ0n) is 10.6. The highest BCUT2D eigenvalue weighted by molar-refractivity contribution is 7.91. The summed E-state index contributed by atoms with van der Waals surface area (Å²) in [7, 11) is -2.90. The number of sulfone groups is 1. The molecule has 100 valence electrons. The first-order valence-corrected chi connectivity index (χ1v) is 7.82. The molecule has 1 aliphatic rings. The number of aromatic nitrogens is 2. The molecule has 0 aliphatic carbocycles. The molecule has 6 heteroatoms. The molecular formula is C12H19N3O2S. The number of nitrogens with zero attached hydrogens (tertiary/aromatic N) is 2. The summed E-state index contributed by atoms with van der Waals surface area (Å²) in [5.74, 6) is 1.34. The van der Waals surface area contributed by atoms with E-state index in [1.54, 1.807) is 18.5 Å². The topological polar surface area (TPSA) is 66.1 Å². The Kier molecular flexibility index (Phi) is 3.59. The summed E-state index contributed by atoms with van der Waals surface area (Å²) in [5.41, 5.74) is -0.320. The molecule has 1 fully saturated rings. The van der Waals surface area contributed by atoms with Gasteiger partial charge in [0.1, 0.15) is 5.82 Å². The third-order valence-corrected chi connectivity index (χ3v) is 5.38. The molecule has 1 aromatic heterocycles. The van der Waals surface area contributed by atoms with Gasteiger partial charge in [-0.3, -0.25) is 4.90 Å². The van der Waals surface area contributed by atoms with Crippen LogP contribution < -0.4 is 0 Å². The third-order valence-electron chi connectivity index (χ3n) is 3.49. The zero-order valence-corrected chi connectivity index (χ0v) is 11.4. The first-order chi connectivity index (χ1) is 8.45.